The average molecular weight is 322 g/mol. The summed E-state index contributed by atoms with van der Waals surface area (Å²) in [5.41, 5.74) is 2.99. The molecule has 2 aromatic carbocycles. The smallest absolute Gasteiger partial charge is 0.339 e. The highest BCUT2D eigenvalue weighted by Gasteiger charge is 2.15. The van der Waals surface area contributed by atoms with Crippen molar-refractivity contribution in [2.75, 3.05) is 6.61 Å². The Balaban J connectivity index is 1.99. The van der Waals surface area contributed by atoms with Gasteiger partial charge >= 0.3 is 5.63 Å². The topological polar surface area (TPSA) is 56.5 Å². The van der Waals surface area contributed by atoms with Gasteiger partial charge in [0, 0.05) is 11.1 Å². The van der Waals surface area contributed by atoms with Crippen LogP contribution in [-0.2, 0) is 0 Å². The number of aryl methyl sites for hydroxylation is 2. The van der Waals surface area contributed by atoms with E-state index in [1.165, 1.54) is 0 Å². The van der Waals surface area contributed by atoms with Crippen LogP contribution in [0.2, 0.25) is 0 Å². The van der Waals surface area contributed by atoms with Crippen LogP contribution in [0.4, 0.5) is 0 Å². The molecule has 4 nitrogen and oxygen atoms in total. The highest BCUT2D eigenvalue weighted by atomic mass is 16.5. The molecule has 0 saturated heterocycles. The lowest BCUT2D eigenvalue weighted by Gasteiger charge is -2.12. The molecule has 0 fully saturated rings. The molecule has 0 spiro atoms. The van der Waals surface area contributed by atoms with Crippen molar-refractivity contribution >= 4 is 16.8 Å². The van der Waals surface area contributed by atoms with Gasteiger partial charge in [-0.2, -0.15) is 0 Å². The molecule has 24 heavy (non-hydrogen) atoms. The Morgan fingerprint density at radius 2 is 1.75 bits per heavy atom. The minimum Gasteiger partial charge on any atom is -0.485 e. The van der Waals surface area contributed by atoms with Gasteiger partial charge < -0.3 is 9.15 Å². The van der Waals surface area contributed by atoms with Crippen molar-refractivity contribution in [2.45, 2.75) is 20.8 Å². The van der Waals surface area contributed by atoms with Gasteiger partial charge in [0.15, 0.2) is 12.4 Å². The Morgan fingerprint density at radius 1 is 1.04 bits per heavy atom. The monoisotopic (exact) mass is 322 g/mol. The normalized spacial score (nSPS) is 10.8. The Morgan fingerprint density at radius 3 is 2.46 bits per heavy atom. The van der Waals surface area contributed by atoms with Crippen LogP contribution < -0.4 is 10.4 Å². The van der Waals surface area contributed by atoms with Gasteiger partial charge in [0.25, 0.3) is 0 Å². The van der Waals surface area contributed by atoms with Crippen molar-refractivity contribution in [3.63, 3.8) is 0 Å². The fraction of sp³-hybridized carbons (Fsp3) is 0.200. The zero-order valence-electron chi connectivity index (χ0n) is 13.9. The van der Waals surface area contributed by atoms with Gasteiger partial charge in [-0.3, -0.25) is 4.79 Å². The highest BCUT2D eigenvalue weighted by Crippen LogP contribution is 2.30. The van der Waals surface area contributed by atoms with Crippen LogP contribution in [0.3, 0.4) is 0 Å². The van der Waals surface area contributed by atoms with Crippen molar-refractivity contribution in [3.8, 4) is 5.75 Å². The summed E-state index contributed by atoms with van der Waals surface area (Å²) in [5, 5.41) is 0.735. The summed E-state index contributed by atoms with van der Waals surface area (Å²) in [6, 6.07) is 12.7. The van der Waals surface area contributed by atoms with Crippen LogP contribution in [0.25, 0.3) is 11.0 Å². The molecule has 122 valence electrons. The van der Waals surface area contributed by atoms with Crippen LogP contribution in [0.5, 0.6) is 5.75 Å². The Bertz CT molecular complexity index is 968. The van der Waals surface area contributed by atoms with Crippen molar-refractivity contribution < 1.29 is 13.9 Å². The van der Waals surface area contributed by atoms with E-state index in [-0.39, 0.29) is 18.0 Å². The number of fused-ring (bicyclic) bond motifs is 1. The quantitative estimate of drug-likeness (QED) is 0.538. The van der Waals surface area contributed by atoms with Gasteiger partial charge in [-0.05, 0) is 44.0 Å². The molecule has 0 aliphatic carbocycles. The Labute approximate surface area is 139 Å². The van der Waals surface area contributed by atoms with E-state index in [0.29, 0.717) is 22.5 Å². The van der Waals surface area contributed by atoms with Crippen LogP contribution >= 0.6 is 0 Å². The number of carbonyl (C=O) groups excluding carboxylic acids is 1. The van der Waals surface area contributed by atoms with E-state index in [4.69, 9.17) is 9.15 Å². The molecule has 0 radical (unpaired) electrons. The first kappa shape index (κ1) is 16.0. The summed E-state index contributed by atoms with van der Waals surface area (Å²) in [7, 11) is 0. The molecule has 0 N–H and O–H groups in total. The van der Waals surface area contributed by atoms with Crippen molar-refractivity contribution in [2.24, 2.45) is 0 Å². The molecule has 0 aliphatic rings. The van der Waals surface area contributed by atoms with Gasteiger partial charge in [-0.25, -0.2) is 4.79 Å². The fourth-order valence-corrected chi connectivity index (χ4v) is 2.65. The maximum atomic E-state index is 12.2. The second-order valence-corrected chi connectivity index (χ2v) is 5.85. The summed E-state index contributed by atoms with van der Waals surface area (Å²) in [4.78, 5) is 24.1. The van der Waals surface area contributed by atoms with Crippen LogP contribution in [0.15, 0.2) is 51.7 Å². The van der Waals surface area contributed by atoms with Crippen molar-refractivity contribution in [1.29, 1.82) is 0 Å². The third-order valence-electron chi connectivity index (χ3n) is 4.11. The van der Waals surface area contributed by atoms with Crippen LogP contribution in [0.1, 0.15) is 27.0 Å². The summed E-state index contributed by atoms with van der Waals surface area (Å²) in [6.07, 6.45) is 0. The van der Waals surface area contributed by atoms with E-state index in [2.05, 4.69) is 0 Å². The predicted molar refractivity (Wildman–Crippen MR) is 93.0 cm³/mol. The molecular formula is C20H18O4. The first-order valence-electron chi connectivity index (χ1n) is 7.73. The highest BCUT2D eigenvalue weighted by molar-refractivity contribution is 5.97. The van der Waals surface area contributed by atoms with Gasteiger partial charge in [-0.1, -0.05) is 30.3 Å². The second-order valence-electron chi connectivity index (χ2n) is 5.85. The number of ketones is 1. The molecule has 1 heterocycles. The molecule has 1 aromatic heterocycles. The third kappa shape index (κ3) is 2.95. The number of hydrogen-bond donors (Lipinski definition) is 0. The minimum atomic E-state index is -0.350. The molecule has 3 aromatic rings. The van der Waals surface area contributed by atoms with Gasteiger partial charge in [0.2, 0.25) is 0 Å². The first-order valence-corrected chi connectivity index (χ1v) is 7.73. The summed E-state index contributed by atoms with van der Waals surface area (Å²) >= 11 is 0. The van der Waals surface area contributed by atoms with Crippen molar-refractivity contribution in [1.82, 2.24) is 0 Å². The molecular weight excluding hydrogens is 304 g/mol. The average Bonchev–Trinajstić information content (AvgIpc) is 2.57. The lowest BCUT2D eigenvalue weighted by atomic mass is 10.0. The van der Waals surface area contributed by atoms with E-state index < -0.39 is 0 Å². The van der Waals surface area contributed by atoms with E-state index in [9.17, 15) is 9.59 Å². The number of hydrogen-bond acceptors (Lipinski definition) is 4. The number of carbonyl (C=O) groups is 1. The standard InChI is InChI=1S/C20H18O4/c1-12-9-17(23-11-16(21)15-7-5-4-6-8-15)19-13(2)14(3)20(22)24-18(19)10-12/h4-10H,11H2,1-3H3. The third-order valence-corrected chi connectivity index (χ3v) is 4.11. The number of ether oxygens (including phenoxy) is 1. The number of benzene rings is 2. The van der Waals surface area contributed by atoms with E-state index in [1.807, 2.05) is 38.1 Å². The minimum absolute atomic E-state index is 0.0693. The zero-order chi connectivity index (χ0) is 17.3. The largest absolute Gasteiger partial charge is 0.485 e. The van der Waals surface area contributed by atoms with Gasteiger partial charge in [0.05, 0.1) is 5.39 Å². The molecule has 0 saturated carbocycles. The number of rotatable bonds is 4. The Hall–Kier alpha value is -2.88. The lowest BCUT2D eigenvalue weighted by Crippen LogP contribution is -2.12. The lowest BCUT2D eigenvalue weighted by molar-refractivity contribution is 0.0922. The fourth-order valence-electron chi connectivity index (χ4n) is 2.65. The molecule has 0 atom stereocenters. The molecule has 4 heteroatoms. The summed E-state index contributed by atoms with van der Waals surface area (Å²) in [6.45, 7) is 5.40. The van der Waals surface area contributed by atoms with Crippen molar-refractivity contribution in [3.05, 3.63) is 75.1 Å². The SMILES string of the molecule is Cc1cc(OCC(=O)c2ccccc2)c2c(C)c(C)c(=O)oc2c1. The Kier molecular flexibility index (Phi) is 4.21. The maximum absolute atomic E-state index is 12.2. The van der Waals surface area contributed by atoms with Gasteiger partial charge in [-0.15, -0.1) is 0 Å². The number of Topliss-reactive ketones (excluding diaryl/α,β-unsaturated/α-hetero) is 1. The molecule has 0 aliphatic heterocycles. The first-order chi connectivity index (χ1) is 11.5. The predicted octanol–water partition coefficient (Wildman–Crippen LogP) is 3.98. The molecule has 0 amide bonds. The summed E-state index contributed by atoms with van der Waals surface area (Å²) < 4.78 is 11.1. The molecule has 0 bridgehead atoms. The zero-order valence-corrected chi connectivity index (χ0v) is 13.9. The van der Waals surface area contributed by atoms with Gasteiger partial charge in [0.1, 0.15) is 11.3 Å². The van der Waals surface area contributed by atoms with Crippen LogP contribution in [0, 0.1) is 20.8 Å². The second kappa shape index (κ2) is 6.32. The molecule has 3 rings (SSSR count). The molecule has 0 unspecified atom stereocenters. The van der Waals surface area contributed by atoms with Crippen LogP contribution in [-0.4, -0.2) is 12.4 Å². The van der Waals surface area contributed by atoms with E-state index >= 15 is 0 Å². The van der Waals surface area contributed by atoms with E-state index in [1.54, 1.807) is 25.1 Å². The van der Waals surface area contributed by atoms with E-state index in [0.717, 1.165) is 16.5 Å². The maximum Gasteiger partial charge on any atom is 0.339 e. The summed E-state index contributed by atoms with van der Waals surface area (Å²) in [5.74, 6) is 0.454.